The van der Waals surface area contributed by atoms with E-state index in [1.54, 1.807) is 13.0 Å². The molecule has 0 radical (unpaired) electrons. The summed E-state index contributed by atoms with van der Waals surface area (Å²) in [6, 6.07) is 5.51. The number of hydrogen-bond donors (Lipinski definition) is 4. The van der Waals surface area contributed by atoms with Crippen LogP contribution in [0.4, 0.5) is 5.69 Å². The maximum absolute atomic E-state index is 11.2. The zero-order valence-electron chi connectivity index (χ0n) is 10.8. The average molecular weight is 266 g/mol. The van der Waals surface area contributed by atoms with Gasteiger partial charge in [-0.2, -0.15) is 0 Å². The third-order valence-corrected chi connectivity index (χ3v) is 2.85. The molecule has 1 atom stereocenters. The molecule has 0 spiro atoms. The summed E-state index contributed by atoms with van der Waals surface area (Å²) in [7, 11) is 0. The van der Waals surface area contributed by atoms with E-state index in [4.69, 9.17) is 9.84 Å². The lowest BCUT2D eigenvalue weighted by Gasteiger charge is -2.21. The second-order valence-electron chi connectivity index (χ2n) is 4.93. The van der Waals surface area contributed by atoms with Gasteiger partial charge < -0.3 is 25.6 Å². The Balaban J connectivity index is 1.95. The first-order chi connectivity index (χ1) is 9.00. The predicted octanol–water partition coefficient (Wildman–Crippen LogP) is -0.150. The fourth-order valence-electron chi connectivity index (χ4n) is 1.77. The summed E-state index contributed by atoms with van der Waals surface area (Å²) in [5.41, 5.74) is 0.480. The molecule has 1 heterocycles. The molecule has 2 rings (SSSR count). The second kappa shape index (κ2) is 5.56. The van der Waals surface area contributed by atoms with Crippen molar-refractivity contribution in [3.63, 3.8) is 0 Å². The third kappa shape index (κ3) is 3.66. The number of nitrogens with one attached hydrogen (secondary N) is 2. The highest BCUT2D eigenvalue weighted by molar-refractivity contribution is 5.95. The van der Waals surface area contributed by atoms with Gasteiger partial charge in [0.05, 0.1) is 17.9 Å². The minimum atomic E-state index is -1.13. The van der Waals surface area contributed by atoms with Crippen molar-refractivity contribution in [1.82, 2.24) is 5.32 Å². The summed E-state index contributed by atoms with van der Waals surface area (Å²) in [4.78, 5) is 11.2. The van der Waals surface area contributed by atoms with Crippen LogP contribution in [0.2, 0.25) is 0 Å². The molecule has 1 aromatic rings. The fourth-order valence-corrected chi connectivity index (χ4v) is 1.77. The van der Waals surface area contributed by atoms with Gasteiger partial charge in [-0.3, -0.25) is 4.79 Å². The minimum Gasteiger partial charge on any atom is -0.482 e. The van der Waals surface area contributed by atoms with Crippen LogP contribution in [0.5, 0.6) is 5.75 Å². The summed E-state index contributed by atoms with van der Waals surface area (Å²) < 4.78 is 5.26. The Hall–Kier alpha value is -1.63. The SMILES string of the molecule is CC(O)(CO)CNCc1ccc2c(c1)NC(=O)CO2. The van der Waals surface area contributed by atoms with Crippen LogP contribution in [-0.2, 0) is 11.3 Å². The third-order valence-electron chi connectivity index (χ3n) is 2.85. The van der Waals surface area contributed by atoms with Crippen molar-refractivity contribution < 1.29 is 19.7 Å². The molecule has 1 aliphatic rings. The Morgan fingerprint density at radius 1 is 1.53 bits per heavy atom. The van der Waals surface area contributed by atoms with Crippen molar-refractivity contribution in [2.75, 3.05) is 25.1 Å². The van der Waals surface area contributed by atoms with Crippen LogP contribution in [0.3, 0.4) is 0 Å². The number of aliphatic hydroxyl groups excluding tert-OH is 1. The van der Waals surface area contributed by atoms with E-state index in [2.05, 4.69) is 10.6 Å². The number of fused-ring (bicyclic) bond motifs is 1. The highest BCUT2D eigenvalue weighted by Crippen LogP contribution is 2.28. The molecule has 104 valence electrons. The molecule has 6 nitrogen and oxygen atoms in total. The number of benzene rings is 1. The summed E-state index contributed by atoms with van der Waals surface area (Å²) in [6.45, 7) is 2.11. The van der Waals surface area contributed by atoms with Gasteiger partial charge in [-0.15, -0.1) is 0 Å². The Kier molecular flexibility index (Phi) is 4.04. The molecule has 0 saturated carbocycles. The first kappa shape index (κ1) is 13.8. The lowest BCUT2D eigenvalue weighted by molar-refractivity contribution is -0.118. The largest absolute Gasteiger partial charge is 0.482 e. The van der Waals surface area contributed by atoms with Gasteiger partial charge in [0.1, 0.15) is 5.75 Å². The lowest BCUT2D eigenvalue weighted by Crippen LogP contribution is -2.40. The van der Waals surface area contributed by atoms with Gasteiger partial charge in [0.25, 0.3) is 5.91 Å². The zero-order valence-corrected chi connectivity index (χ0v) is 10.8. The van der Waals surface area contributed by atoms with Gasteiger partial charge in [0.2, 0.25) is 0 Å². The number of anilines is 1. The fraction of sp³-hybridized carbons (Fsp3) is 0.462. The molecule has 1 aromatic carbocycles. The summed E-state index contributed by atoms with van der Waals surface area (Å²) in [5, 5.41) is 24.3. The number of rotatable bonds is 5. The first-order valence-corrected chi connectivity index (χ1v) is 6.10. The minimum absolute atomic E-state index is 0.0456. The molecule has 1 amide bonds. The molecular weight excluding hydrogens is 248 g/mol. The molecule has 19 heavy (non-hydrogen) atoms. The van der Waals surface area contributed by atoms with Gasteiger partial charge >= 0.3 is 0 Å². The Bertz CT molecular complexity index is 474. The van der Waals surface area contributed by atoms with Crippen LogP contribution < -0.4 is 15.4 Å². The highest BCUT2D eigenvalue weighted by atomic mass is 16.5. The molecule has 4 N–H and O–H groups in total. The number of hydrogen-bond acceptors (Lipinski definition) is 5. The van der Waals surface area contributed by atoms with Crippen molar-refractivity contribution in [2.24, 2.45) is 0 Å². The van der Waals surface area contributed by atoms with Crippen LogP contribution >= 0.6 is 0 Å². The van der Waals surface area contributed by atoms with E-state index in [0.29, 0.717) is 18.0 Å². The molecule has 6 heteroatoms. The monoisotopic (exact) mass is 266 g/mol. The van der Waals surface area contributed by atoms with Crippen molar-refractivity contribution in [3.05, 3.63) is 23.8 Å². The van der Waals surface area contributed by atoms with E-state index in [9.17, 15) is 9.90 Å². The van der Waals surface area contributed by atoms with Crippen LogP contribution in [0, 0.1) is 0 Å². The number of amides is 1. The molecular formula is C13H18N2O4. The summed E-state index contributed by atoms with van der Waals surface area (Å²) in [5.74, 6) is 0.492. The molecule has 0 aromatic heterocycles. The number of aliphatic hydroxyl groups is 2. The zero-order chi connectivity index (χ0) is 13.9. The molecule has 1 unspecified atom stereocenters. The topological polar surface area (TPSA) is 90.8 Å². The van der Waals surface area contributed by atoms with Gasteiger partial charge in [-0.25, -0.2) is 0 Å². The first-order valence-electron chi connectivity index (χ1n) is 6.10. The van der Waals surface area contributed by atoms with E-state index in [-0.39, 0.29) is 25.7 Å². The van der Waals surface area contributed by atoms with Gasteiger partial charge in [-0.1, -0.05) is 6.07 Å². The van der Waals surface area contributed by atoms with E-state index in [1.807, 2.05) is 12.1 Å². The molecule has 0 aliphatic carbocycles. The van der Waals surface area contributed by atoms with Crippen molar-refractivity contribution >= 4 is 11.6 Å². The van der Waals surface area contributed by atoms with Crippen molar-refractivity contribution in [3.8, 4) is 5.75 Å². The molecule has 0 saturated heterocycles. The molecule has 1 aliphatic heterocycles. The second-order valence-corrected chi connectivity index (χ2v) is 4.93. The maximum atomic E-state index is 11.2. The quantitative estimate of drug-likeness (QED) is 0.595. The highest BCUT2D eigenvalue weighted by Gasteiger charge is 2.18. The van der Waals surface area contributed by atoms with Crippen LogP contribution in [-0.4, -0.2) is 41.5 Å². The average Bonchev–Trinajstić information content (AvgIpc) is 2.38. The Labute approximate surface area is 111 Å². The van der Waals surface area contributed by atoms with Crippen LogP contribution in [0.25, 0.3) is 0 Å². The maximum Gasteiger partial charge on any atom is 0.262 e. The van der Waals surface area contributed by atoms with Crippen LogP contribution in [0.1, 0.15) is 12.5 Å². The van der Waals surface area contributed by atoms with E-state index in [0.717, 1.165) is 5.56 Å². The van der Waals surface area contributed by atoms with Gasteiger partial charge in [-0.05, 0) is 24.6 Å². The van der Waals surface area contributed by atoms with E-state index < -0.39 is 5.60 Å². The summed E-state index contributed by atoms with van der Waals surface area (Å²) >= 11 is 0. The number of carbonyl (C=O) groups excluding carboxylic acids is 1. The van der Waals surface area contributed by atoms with E-state index in [1.165, 1.54) is 0 Å². The van der Waals surface area contributed by atoms with Crippen LogP contribution in [0.15, 0.2) is 18.2 Å². The van der Waals surface area contributed by atoms with E-state index >= 15 is 0 Å². The number of carbonyl (C=O) groups is 1. The molecule has 0 fully saturated rings. The smallest absolute Gasteiger partial charge is 0.262 e. The van der Waals surface area contributed by atoms with Gasteiger partial charge in [0.15, 0.2) is 6.61 Å². The van der Waals surface area contributed by atoms with Crippen molar-refractivity contribution in [2.45, 2.75) is 19.1 Å². The van der Waals surface area contributed by atoms with Gasteiger partial charge in [0, 0.05) is 13.1 Å². The molecule has 0 bridgehead atoms. The standard InChI is InChI=1S/C13H18N2O4/c1-13(18,8-16)7-14-5-9-2-3-11-10(4-9)15-12(17)6-19-11/h2-4,14,16,18H,5-8H2,1H3,(H,15,17). The lowest BCUT2D eigenvalue weighted by atomic mass is 10.1. The Morgan fingerprint density at radius 3 is 3.05 bits per heavy atom. The Morgan fingerprint density at radius 2 is 2.32 bits per heavy atom. The van der Waals surface area contributed by atoms with Crippen molar-refractivity contribution in [1.29, 1.82) is 0 Å². The summed E-state index contributed by atoms with van der Waals surface area (Å²) in [6.07, 6.45) is 0. The normalized spacial score (nSPS) is 17.1. The number of ether oxygens (including phenoxy) is 1. The predicted molar refractivity (Wildman–Crippen MR) is 70.0 cm³/mol.